The summed E-state index contributed by atoms with van der Waals surface area (Å²) in [6, 6.07) is -0.177. The number of aliphatic carboxylic acids is 1. The first kappa shape index (κ1) is 22.7. The molecule has 7 nitrogen and oxygen atoms in total. The van der Waals surface area contributed by atoms with E-state index in [2.05, 4.69) is 10.4 Å². The van der Waals surface area contributed by atoms with Crippen LogP contribution in [0.2, 0.25) is 0 Å². The van der Waals surface area contributed by atoms with Crippen LogP contribution < -0.4 is 16.6 Å². The Kier molecular flexibility index (Phi) is 7.23. The number of carbonyl (C=O) groups is 1. The van der Waals surface area contributed by atoms with Crippen molar-refractivity contribution in [3.05, 3.63) is 22.1 Å². The molecule has 4 N–H and O–H groups in total. The highest BCUT2D eigenvalue weighted by Gasteiger charge is 2.39. The quantitative estimate of drug-likeness (QED) is 0.652. The number of hydrogen-bond donors (Lipinski definition) is 3. The molecule has 0 spiro atoms. The first-order valence-corrected chi connectivity index (χ1v) is 7.69. The Labute approximate surface area is 149 Å². The van der Waals surface area contributed by atoms with Gasteiger partial charge in [-0.25, -0.2) is 9.48 Å². The summed E-state index contributed by atoms with van der Waals surface area (Å²) in [5, 5.41) is 13.6. The maximum absolute atomic E-state index is 13.0. The van der Waals surface area contributed by atoms with E-state index in [0.717, 1.165) is 25.5 Å². The van der Waals surface area contributed by atoms with Gasteiger partial charge in [0.05, 0.1) is 11.9 Å². The van der Waals surface area contributed by atoms with Crippen LogP contribution in [0.5, 0.6) is 0 Å². The van der Waals surface area contributed by atoms with Gasteiger partial charge in [-0.3, -0.25) is 4.79 Å². The maximum atomic E-state index is 13.0. The fourth-order valence-corrected chi connectivity index (χ4v) is 2.50. The van der Waals surface area contributed by atoms with Crippen molar-refractivity contribution in [3.63, 3.8) is 0 Å². The van der Waals surface area contributed by atoms with E-state index in [0.29, 0.717) is 11.1 Å². The SMILES string of the molecule is Cn1ncc(N[C@H]2CCC[C@@H](N)C2)c(C(F)(F)F)c1=O.O=C(O)C(F)(F)F. The minimum atomic E-state index is -5.08. The molecule has 1 aromatic rings. The molecule has 2 rings (SSSR count). The van der Waals surface area contributed by atoms with Crippen molar-refractivity contribution in [3.8, 4) is 0 Å². The van der Waals surface area contributed by atoms with Crippen molar-refractivity contribution < 1.29 is 36.2 Å². The Hall–Kier alpha value is -2.31. The fraction of sp³-hybridized carbons (Fsp3) is 0.643. The second kappa shape index (κ2) is 8.59. The Bertz CT molecular complexity index is 716. The van der Waals surface area contributed by atoms with E-state index in [1.165, 1.54) is 7.05 Å². The molecule has 1 aliphatic rings. The molecule has 0 saturated heterocycles. The van der Waals surface area contributed by atoms with Crippen LogP contribution in [-0.2, 0) is 18.0 Å². The first-order valence-electron chi connectivity index (χ1n) is 7.69. The molecule has 1 aliphatic carbocycles. The average molecular weight is 404 g/mol. The van der Waals surface area contributed by atoms with Crippen LogP contribution in [0.3, 0.4) is 0 Å². The third kappa shape index (κ3) is 6.73. The van der Waals surface area contributed by atoms with E-state index in [1.54, 1.807) is 0 Å². The molecule has 13 heteroatoms. The number of hydrogen-bond acceptors (Lipinski definition) is 5. The van der Waals surface area contributed by atoms with E-state index in [4.69, 9.17) is 15.6 Å². The van der Waals surface area contributed by atoms with Gasteiger partial charge in [0.1, 0.15) is 5.56 Å². The van der Waals surface area contributed by atoms with Crippen LogP contribution in [0.4, 0.5) is 32.0 Å². The van der Waals surface area contributed by atoms with Crippen LogP contribution in [0.15, 0.2) is 11.0 Å². The summed E-state index contributed by atoms with van der Waals surface area (Å²) in [5.41, 5.74) is 3.20. The lowest BCUT2D eigenvalue weighted by molar-refractivity contribution is -0.192. The number of nitrogens with two attached hydrogens (primary N) is 1. The number of carboxylic acid groups (broad SMARTS) is 1. The van der Waals surface area contributed by atoms with E-state index in [1.807, 2.05) is 0 Å². The standard InChI is InChI=1S/C12H17F3N4O.C2HF3O2/c1-19-11(20)10(12(13,14)15)9(6-17-19)18-8-4-2-3-7(16)5-8;3-2(4,5)1(6)7/h6-8,18H,2-5,16H2,1H3;(H,6,7)/t7-,8+;/m1./s1. The number of halogens is 6. The number of aromatic nitrogens is 2. The van der Waals surface area contributed by atoms with Crippen molar-refractivity contribution in [2.45, 2.75) is 50.1 Å². The smallest absolute Gasteiger partial charge is 0.475 e. The minimum absolute atomic E-state index is 0.0184. The van der Waals surface area contributed by atoms with Gasteiger partial charge in [0.2, 0.25) is 0 Å². The number of aryl methyl sites for hydroxylation is 1. The topological polar surface area (TPSA) is 110 Å². The molecule has 0 unspecified atom stereocenters. The molecule has 27 heavy (non-hydrogen) atoms. The lowest BCUT2D eigenvalue weighted by Crippen LogP contribution is -2.37. The summed E-state index contributed by atoms with van der Waals surface area (Å²) < 4.78 is 71.5. The predicted molar refractivity (Wildman–Crippen MR) is 82.0 cm³/mol. The van der Waals surface area contributed by atoms with E-state index in [-0.39, 0.29) is 17.8 Å². The van der Waals surface area contributed by atoms with Crippen molar-refractivity contribution in [2.75, 3.05) is 5.32 Å². The van der Waals surface area contributed by atoms with Crippen molar-refractivity contribution in [1.29, 1.82) is 0 Å². The zero-order valence-electron chi connectivity index (χ0n) is 14.1. The minimum Gasteiger partial charge on any atom is -0.475 e. The summed E-state index contributed by atoms with van der Waals surface area (Å²) >= 11 is 0. The van der Waals surface area contributed by atoms with Gasteiger partial charge in [-0.15, -0.1) is 0 Å². The highest BCUT2D eigenvalue weighted by Crippen LogP contribution is 2.33. The zero-order chi connectivity index (χ0) is 21.0. The van der Waals surface area contributed by atoms with Crippen LogP contribution >= 0.6 is 0 Å². The van der Waals surface area contributed by atoms with Crippen molar-refractivity contribution >= 4 is 11.7 Å². The molecule has 1 aromatic heterocycles. The average Bonchev–Trinajstić information content (AvgIpc) is 2.49. The Morgan fingerprint density at radius 2 is 1.85 bits per heavy atom. The molecule has 1 heterocycles. The fourth-order valence-electron chi connectivity index (χ4n) is 2.50. The number of nitrogens with zero attached hydrogens (tertiary/aromatic N) is 2. The summed E-state index contributed by atoms with van der Waals surface area (Å²) in [6.45, 7) is 0. The zero-order valence-corrected chi connectivity index (χ0v) is 14.1. The molecule has 0 aromatic carbocycles. The summed E-state index contributed by atoms with van der Waals surface area (Å²) in [7, 11) is 1.19. The van der Waals surface area contributed by atoms with Gasteiger partial charge in [0, 0.05) is 19.1 Å². The van der Waals surface area contributed by atoms with Gasteiger partial charge in [-0.2, -0.15) is 31.4 Å². The Morgan fingerprint density at radius 3 is 2.30 bits per heavy atom. The molecule has 0 bridgehead atoms. The van der Waals surface area contributed by atoms with Gasteiger partial charge >= 0.3 is 18.3 Å². The predicted octanol–water partition coefficient (Wildman–Crippen LogP) is 2.11. The maximum Gasteiger partial charge on any atom is 0.490 e. The van der Waals surface area contributed by atoms with Gasteiger partial charge in [-0.1, -0.05) is 0 Å². The molecular formula is C14H18F6N4O3. The Balaban J connectivity index is 0.000000445. The molecule has 2 atom stereocenters. The van der Waals surface area contributed by atoms with Crippen molar-refractivity contribution in [1.82, 2.24) is 9.78 Å². The summed E-state index contributed by atoms with van der Waals surface area (Å²) in [6.07, 6.45) is -5.69. The second-order valence-corrected chi connectivity index (χ2v) is 5.93. The summed E-state index contributed by atoms with van der Waals surface area (Å²) in [5.74, 6) is -2.76. The van der Waals surface area contributed by atoms with Gasteiger partial charge in [0.15, 0.2) is 0 Å². The monoisotopic (exact) mass is 404 g/mol. The summed E-state index contributed by atoms with van der Waals surface area (Å²) in [4.78, 5) is 20.6. The number of anilines is 1. The normalized spacial score (nSPS) is 20.4. The number of nitrogens with one attached hydrogen (secondary N) is 1. The van der Waals surface area contributed by atoms with Crippen molar-refractivity contribution in [2.24, 2.45) is 12.8 Å². The molecule has 154 valence electrons. The van der Waals surface area contributed by atoms with Crippen LogP contribution in [-0.4, -0.2) is 39.1 Å². The van der Waals surface area contributed by atoms with E-state index >= 15 is 0 Å². The number of carboxylic acids is 1. The molecule has 0 amide bonds. The molecule has 0 aliphatic heterocycles. The molecule has 1 saturated carbocycles. The van der Waals surface area contributed by atoms with Gasteiger partial charge < -0.3 is 16.2 Å². The van der Waals surface area contributed by atoms with Crippen LogP contribution in [0.25, 0.3) is 0 Å². The third-order valence-electron chi connectivity index (χ3n) is 3.74. The highest BCUT2D eigenvalue weighted by molar-refractivity contribution is 5.73. The highest BCUT2D eigenvalue weighted by atomic mass is 19.4. The Morgan fingerprint density at radius 1 is 1.30 bits per heavy atom. The molecule has 1 fully saturated rings. The lowest BCUT2D eigenvalue weighted by atomic mass is 9.91. The molecule has 0 radical (unpaired) electrons. The number of rotatable bonds is 2. The molecular weight excluding hydrogens is 386 g/mol. The first-order chi connectivity index (χ1) is 12.2. The van der Waals surface area contributed by atoms with Gasteiger partial charge in [-0.05, 0) is 25.7 Å². The second-order valence-electron chi connectivity index (χ2n) is 5.93. The largest absolute Gasteiger partial charge is 0.490 e. The van der Waals surface area contributed by atoms with Crippen LogP contribution in [0, 0.1) is 0 Å². The van der Waals surface area contributed by atoms with E-state index in [9.17, 15) is 31.1 Å². The number of alkyl halides is 6. The lowest BCUT2D eigenvalue weighted by Gasteiger charge is -2.28. The third-order valence-corrected chi connectivity index (χ3v) is 3.74. The van der Waals surface area contributed by atoms with Gasteiger partial charge in [0.25, 0.3) is 5.56 Å². The van der Waals surface area contributed by atoms with E-state index < -0.39 is 29.4 Å². The van der Waals surface area contributed by atoms with Crippen LogP contribution in [0.1, 0.15) is 31.2 Å².